The third-order valence-electron chi connectivity index (χ3n) is 2.47. The summed E-state index contributed by atoms with van der Waals surface area (Å²) in [5.74, 6) is -1.68. The zero-order valence-corrected chi connectivity index (χ0v) is 11.3. The van der Waals surface area contributed by atoms with Gasteiger partial charge in [-0.1, -0.05) is 11.6 Å². The van der Waals surface area contributed by atoms with Crippen molar-refractivity contribution >= 4 is 29.3 Å². The minimum absolute atomic E-state index is 0.0218. The first kappa shape index (κ1) is 14.9. The molecule has 0 atom stereocenters. The van der Waals surface area contributed by atoms with Gasteiger partial charge in [0, 0.05) is 0 Å². The number of hydrogen-bond donors (Lipinski definition) is 3. The normalized spacial score (nSPS) is 10.2. The van der Waals surface area contributed by atoms with Gasteiger partial charge in [0.2, 0.25) is 5.76 Å². The number of benzene rings is 1. The Kier molecular flexibility index (Phi) is 4.44. The van der Waals surface area contributed by atoms with Crippen LogP contribution in [0.1, 0.15) is 16.3 Å². The summed E-state index contributed by atoms with van der Waals surface area (Å²) in [6.07, 6.45) is 0. The highest BCUT2D eigenvalue weighted by atomic mass is 35.5. The van der Waals surface area contributed by atoms with Crippen LogP contribution >= 0.6 is 11.6 Å². The predicted molar refractivity (Wildman–Crippen MR) is 72.9 cm³/mol. The van der Waals surface area contributed by atoms with Crippen LogP contribution in [0.25, 0.3) is 0 Å². The van der Waals surface area contributed by atoms with Gasteiger partial charge in [-0.2, -0.15) is 0 Å². The van der Waals surface area contributed by atoms with Crippen molar-refractivity contribution in [3.63, 3.8) is 0 Å². The van der Waals surface area contributed by atoms with Crippen LogP contribution in [0.4, 0.5) is 14.9 Å². The minimum Gasteiger partial charge on any atom is -0.475 e. The maximum absolute atomic E-state index is 13.0. The average molecular weight is 313 g/mol. The van der Waals surface area contributed by atoms with E-state index in [1.165, 1.54) is 24.3 Å². The summed E-state index contributed by atoms with van der Waals surface area (Å²) in [6.45, 7) is -0.0218. The number of furan rings is 1. The molecule has 2 aromatic rings. The van der Waals surface area contributed by atoms with Crippen LogP contribution in [-0.4, -0.2) is 17.1 Å². The van der Waals surface area contributed by atoms with Gasteiger partial charge >= 0.3 is 12.0 Å². The van der Waals surface area contributed by atoms with Gasteiger partial charge in [-0.15, -0.1) is 0 Å². The first-order valence-corrected chi connectivity index (χ1v) is 6.15. The molecule has 0 saturated carbocycles. The van der Waals surface area contributed by atoms with Gasteiger partial charge in [-0.3, -0.25) is 0 Å². The summed E-state index contributed by atoms with van der Waals surface area (Å²) in [7, 11) is 0. The lowest BCUT2D eigenvalue weighted by molar-refractivity contribution is 0.0660. The Morgan fingerprint density at radius 2 is 2.05 bits per heavy atom. The zero-order chi connectivity index (χ0) is 15.4. The molecule has 0 fully saturated rings. The van der Waals surface area contributed by atoms with Crippen molar-refractivity contribution in [2.45, 2.75) is 6.54 Å². The maximum Gasteiger partial charge on any atom is 0.371 e. The van der Waals surface area contributed by atoms with E-state index in [9.17, 15) is 14.0 Å². The third-order valence-corrected chi connectivity index (χ3v) is 2.80. The second-order valence-corrected chi connectivity index (χ2v) is 4.41. The molecule has 0 unspecified atom stereocenters. The molecule has 2 amide bonds. The lowest BCUT2D eigenvalue weighted by Gasteiger charge is -2.08. The zero-order valence-electron chi connectivity index (χ0n) is 10.5. The fraction of sp³-hybridized carbons (Fsp3) is 0.0769. The van der Waals surface area contributed by atoms with Crippen LogP contribution in [0.3, 0.4) is 0 Å². The van der Waals surface area contributed by atoms with Crippen molar-refractivity contribution in [2.75, 3.05) is 5.32 Å². The molecular weight excluding hydrogens is 303 g/mol. The number of halogens is 2. The summed E-state index contributed by atoms with van der Waals surface area (Å²) in [4.78, 5) is 22.2. The molecular formula is C13H10ClFN2O4. The molecule has 0 saturated heterocycles. The Balaban J connectivity index is 1.92. The first-order valence-electron chi connectivity index (χ1n) is 5.77. The largest absolute Gasteiger partial charge is 0.475 e. The number of anilines is 1. The van der Waals surface area contributed by atoms with E-state index in [1.807, 2.05) is 0 Å². The fourth-order valence-corrected chi connectivity index (χ4v) is 1.68. The lowest BCUT2D eigenvalue weighted by Crippen LogP contribution is -2.28. The highest BCUT2D eigenvalue weighted by Gasteiger charge is 2.10. The van der Waals surface area contributed by atoms with Crippen LogP contribution in [0, 0.1) is 5.82 Å². The van der Waals surface area contributed by atoms with Crippen molar-refractivity contribution in [3.05, 3.63) is 52.7 Å². The van der Waals surface area contributed by atoms with E-state index in [-0.39, 0.29) is 28.8 Å². The van der Waals surface area contributed by atoms with Gasteiger partial charge in [-0.25, -0.2) is 14.0 Å². The second kappa shape index (κ2) is 6.27. The van der Waals surface area contributed by atoms with Crippen LogP contribution in [0.2, 0.25) is 5.02 Å². The Morgan fingerprint density at radius 1 is 1.29 bits per heavy atom. The molecule has 3 N–H and O–H groups in total. The van der Waals surface area contributed by atoms with Gasteiger partial charge < -0.3 is 20.2 Å². The van der Waals surface area contributed by atoms with Crippen LogP contribution < -0.4 is 10.6 Å². The highest BCUT2D eigenvalue weighted by Crippen LogP contribution is 2.22. The lowest BCUT2D eigenvalue weighted by atomic mass is 10.3. The smallest absolute Gasteiger partial charge is 0.371 e. The van der Waals surface area contributed by atoms with E-state index < -0.39 is 17.8 Å². The van der Waals surface area contributed by atoms with Gasteiger partial charge in [0.05, 0.1) is 17.3 Å². The van der Waals surface area contributed by atoms with E-state index in [0.29, 0.717) is 0 Å². The molecule has 2 rings (SSSR count). The van der Waals surface area contributed by atoms with Crippen molar-refractivity contribution < 1.29 is 23.5 Å². The molecule has 0 radical (unpaired) electrons. The summed E-state index contributed by atoms with van der Waals surface area (Å²) in [5.41, 5.74) is 0.125. The number of hydrogen-bond acceptors (Lipinski definition) is 3. The topological polar surface area (TPSA) is 91.6 Å². The van der Waals surface area contributed by atoms with E-state index in [4.69, 9.17) is 21.1 Å². The minimum atomic E-state index is -1.20. The maximum atomic E-state index is 13.0. The van der Waals surface area contributed by atoms with Gasteiger partial charge in [0.15, 0.2) is 0 Å². The molecule has 0 aliphatic carbocycles. The van der Waals surface area contributed by atoms with E-state index in [0.717, 1.165) is 6.07 Å². The quantitative estimate of drug-likeness (QED) is 0.809. The SMILES string of the molecule is O=C(NCc1ccc(C(=O)O)o1)Nc1cc(F)ccc1Cl. The summed E-state index contributed by atoms with van der Waals surface area (Å²) in [6, 6.07) is 5.65. The monoisotopic (exact) mass is 312 g/mol. The summed E-state index contributed by atoms with van der Waals surface area (Å²) in [5, 5.41) is 13.7. The van der Waals surface area contributed by atoms with Crippen LogP contribution in [0.5, 0.6) is 0 Å². The molecule has 0 aliphatic rings. The number of carboxylic acid groups (broad SMARTS) is 1. The van der Waals surface area contributed by atoms with Gasteiger partial charge in [0.1, 0.15) is 11.6 Å². The Bertz CT molecular complexity index is 687. The molecule has 6 nitrogen and oxygen atoms in total. The molecule has 8 heteroatoms. The molecule has 0 bridgehead atoms. The van der Waals surface area contributed by atoms with Crippen LogP contribution in [-0.2, 0) is 6.54 Å². The molecule has 21 heavy (non-hydrogen) atoms. The summed E-state index contributed by atoms with van der Waals surface area (Å²) < 4.78 is 18.0. The predicted octanol–water partition coefficient (Wildman–Crippen LogP) is 3.09. The first-order chi connectivity index (χ1) is 9.95. The Labute approximate surface area is 123 Å². The van der Waals surface area contributed by atoms with E-state index >= 15 is 0 Å². The number of rotatable bonds is 4. The van der Waals surface area contributed by atoms with E-state index in [1.54, 1.807) is 0 Å². The Hall–Kier alpha value is -2.54. The summed E-state index contributed by atoms with van der Waals surface area (Å²) >= 11 is 5.80. The number of carbonyl (C=O) groups is 2. The third kappa shape index (κ3) is 3.96. The standard InChI is InChI=1S/C13H10ClFN2O4/c14-9-3-1-7(15)5-10(9)17-13(20)16-6-8-2-4-11(21-8)12(18)19/h1-5H,6H2,(H,18,19)(H2,16,17,20). The number of carbonyl (C=O) groups excluding carboxylic acids is 1. The second-order valence-electron chi connectivity index (χ2n) is 4.00. The molecule has 110 valence electrons. The molecule has 1 aromatic heterocycles. The Morgan fingerprint density at radius 3 is 2.71 bits per heavy atom. The number of aromatic carboxylic acids is 1. The van der Waals surface area contributed by atoms with Crippen molar-refractivity contribution in [1.82, 2.24) is 5.32 Å². The van der Waals surface area contributed by atoms with Crippen molar-refractivity contribution in [1.29, 1.82) is 0 Å². The van der Waals surface area contributed by atoms with Gasteiger partial charge in [-0.05, 0) is 30.3 Å². The average Bonchev–Trinajstić information content (AvgIpc) is 2.90. The number of urea groups is 1. The van der Waals surface area contributed by atoms with E-state index in [2.05, 4.69) is 10.6 Å². The highest BCUT2D eigenvalue weighted by molar-refractivity contribution is 6.33. The van der Waals surface area contributed by atoms with Crippen molar-refractivity contribution in [3.8, 4) is 0 Å². The van der Waals surface area contributed by atoms with Crippen molar-refractivity contribution in [2.24, 2.45) is 0 Å². The van der Waals surface area contributed by atoms with Gasteiger partial charge in [0.25, 0.3) is 0 Å². The molecule has 0 spiro atoms. The molecule has 1 heterocycles. The molecule has 0 aliphatic heterocycles. The van der Waals surface area contributed by atoms with Crippen LogP contribution in [0.15, 0.2) is 34.7 Å². The number of nitrogens with one attached hydrogen (secondary N) is 2. The molecule has 1 aromatic carbocycles. The fourth-order valence-electron chi connectivity index (χ4n) is 1.52. The number of carboxylic acids is 1. The number of amides is 2.